The van der Waals surface area contributed by atoms with Gasteiger partial charge in [0.1, 0.15) is 0 Å². The summed E-state index contributed by atoms with van der Waals surface area (Å²) in [7, 11) is 0. The van der Waals surface area contributed by atoms with Crippen molar-refractivity contribution in [3.63, 3.8) is 0 Å². The molecule has 1 aromatic heterocycles. The summed E-state index contributed by atoms with van der Waals surface area (Å²) < 4.78 is 5.21. The largest absolute Gasteiger partial charge is 0.450 e. The summed E-state index contributed by atoms with van der Waals surface area (Å²) in [6.45, 7) is 3.87. The molecule has 0 N–H and O–H groups in total. The number of ketones is 2. The number of hydrogen-bond donors (Lipinski definition) is 0. The Hall–Kier alpha value is -1.38. The molecule has 0 bridgehead atoms. The van der Waals surface area contributed by atoms with E-state index in [0.717, 1.165) is 12.8 Å². The lowest BCUT2D eigenvalue weighted by Crippen LogP contribution is -1.97. The van der Waals surface area contributed by atoms with E-state index in [1.165, 1.54) is 0 Å². The fourth-order valence-corrected chi connectivity index (χ4v) is 1.34. The van der Waals surface area contributed by atoms with Crippen LogP contribution in [-0.4, -0.2) is 11.6 Å². The monoisotopic (exact) mass is 208 g/mol. The molecule has 0 aliphatic carbocycles. The minimum Gasteiger partial charge on any atom is -0.450 e. The van der Waals surface area contributed by atoms with Gasteiger partial charge in [-0.2, -0.15) is 0 Å². The molecule has 0 radical (unpaired) electrons. The third-order valence-electron chi connectivity index (χ3n) is 2.11. The van der Waals surface area contributed by atoms with Crippen molar-refractivity contribution in [3.8, 4) is 0 Å². The molecule has 82 valence electrons. The van der Waals surface area contributed by atoms with Gasteiger partial charge in [0, 0.05) is 12.8 Å². The second-order valence-corrected chi connectivity index (χ2v) is 3.51. The molecule has 0 amide bonds. The van der Waals surface area contributed by atoms with Crippen molar-refractivity contribution in [3.05, 3.63) is 23.7 Å². The lowest BCUT2D eigenvalue weighted by molar-refractivity contribution is 0.0931. The van der Waals surface area contributed by atoms with Crippen molar-refractivity contribution in [2.75, 3.05) is 0 Å². The van der Waals surface area contributed by atoms with Gasteiger partial charge in [-0.05, 0) is 25.0 Å². The maximum atomic E-state index is 11.4. The molecule has 0 aliphatic heterocycles. The zero-order chi connectivity index (χ0) is 11.3. The Kier molecular flexibility index (Phi) is 4.28. The summed E-state index contributed by atoms with van der Waals surface area (Å²) in [6.07, 6.45) is 2.51. The Morgan fingerprint density at radius 2 is 1.40 bits per heavy atom. The van der Waals surface area contributed by atoms with Crippen molar-refractivity contribution in [2.45, 2.75) is 39.5 Å². The topological polar surface area (TPSA) is 47.3 Å². The zero-order valence-corrected chi connectivity index (χ0v) is 9.21. The van der Waals surface area contributed by atoms with E-state index in [1.807, 2.05) is 13.8 Å². The van der Waals surface area contributed by atoms with Gasteiger partial charge in [0.2, 0.25) is 0 Å². The molecule has 0 saturated heterocycles. The van der Waals surface area contributed by atoms with Crippen molar-refractivity contribution in [1.29, 1.82) is 0 Å². The van der Waals surface area contributed by atoms with Crippen molar-refractivity contribution < 1.29 is 14.0 Å². The van der Waals surface area contributed by atoms with Crippen molar-refractivity contribution >= 4 is 11.6 Å². The Morgan fingerprint density at radius 1 is 1.00 bits per heavy atom. The summed E-state index contributed by atoms with van der Waals surface area (Å²) in [6, 6.07) is 3.17. The first-order valence-electron chi connectivity index (χ1n) is 5.35. The first-order chi connectivity index (χ1) is 7.19. The van der Waals surface area contributed by atoms with Crippen LogP contribution in [0.15, 0.2) is 16.5 Å². The van der Waals surface area contributed by atoms with Crippen molar-refractivity contribution in [2.24, 2.45) is 0 Å². The standard InChI is InChI=1S/C12H16O3/c1-3-5-9(13)11-7-8-12(15-11)10(14)6-4-2/h7-8H,3-6H2,1-2H3. The van der Waals surface area contributed by atoms with E-state index in [0.29, 0.717) is 24.4 Å². The van der Waals surface area contributed by atoms with Crippen LogP contribution < -0.4 is 0 Å². The van der Waals surface area contributed by atoms with Crippen LogP contribution in [-0.2, 0) is 0 Å². The summed E-state index contributed by atoms with van der Waals surface area (Å²) in [4.78, 5) is 22.9. The molecule has 0 aromatic carbocycles. The molecule has 3 heteroatoms. The van der Waals surface area contributed by atoms with Gasteiger partial charge in [0.25, 0.3) is 0 Å². The molecule has 0 unspecified atom stereocenters. The highest BCUT2D eigenvalue weighted by molar-refractivity contribution is 5.97. The number of rotatable bonds is 6. The molecule has 1 rings (SSSR count). The highest BCUT2D eigenvalue weighted by Crippen LogP contribution is 2.13. The molecule has 3 nitrogen and oxygen atoms in total. The Balaban J connectivity index is 2.71. The van der Waals surface area contributed by atoms with E-state index >= 15 is 0 Å². The molecule has 0 aliphatic rings. The summed E-state index contributed by atoms with van der Waals surface area (Å²) in [5.74, 6) is 0.536. The number of carbonyl (C=O) groups excluding carboxylic acids is 2. The predicted octanol–water partition coefficient (Wildman–Crippen LogP) is 3.25. The van der Waals surface area contributed by atoms with E-state index in [4.69, 9.17) is 4.42 Å². The van der Waals surface area contributed by atoms with Crippen LogP contribution in [0.5, 0.6) is 0 Å². The highest BCUT2D eigenvalue weighted by atomic mass is 16.4. The van der Waals surface area contributed by atoms with E-state index < -0.39 is 0 Å². The third-order valence-corrected chi connectivity index (χ3v) is 2.11. The average Bonchev–Trinajstić information content (AvgIpc) is 2.67. The van der Waals surface area contributed by atoms with Crippen LogP contribution in [0.1, 0.15) is 60.6 Å². The van der Waals surface area contributed by atoms with Gasteiger partial charge in [0.05, 0.1) is 0 Å². The zero-order valence-electron chi connectivity index (χ0n) is 9.21. The molecule has 1 aromatic rings. The van der Waals surface area contributed by atoms with Gasteiger partial charge in [-0.25, -0.2) is 0 Å². The molecule has 1 heterocycles. The van der Waals surface area contributed by atoms with Crippen LogP contribution in [0.2, 0.25) is 0 Å². The van der Waals surface area contributed by atoms with Gasteiger partial charge in [-0.3, -0.25) is 9.59 Å². The lowest BCUT2D eigenvalue weighted by atomic mass is 10.2. The number of carbonyl (C=O) groups is 2. The third kappa shape index (κ3) is 3.05. The predicted molar refractivity (Wildman–Crippen MR) is 57.2 cm³/mol. The molecular formula is C12H16O3. The molecule has 0 saturated carbocycles. The number of Topliss-reactive ketones (excluding diaryl/α,β-unsaturated/α-hetero) is 2. The first kappa shape index (κ1) is 11.7. The van der Waals surface area contributed by atoms with E-state index in [2.05, 4.69) is 0 Å². The normalized spacial score (nSPS) is 10.3. The molecular weight excluding hydrogens is 192 g/mol. The van der Waals surface area contributed by atoms with Crippen LogP contribution in [0, 0.1) is 0 Å². The molecule has 0 atom stereocenters. The van der Waals surface area contributed by atoms with Gasteiger partial charge in [0.15, 0.2) is 23.1 Å². The minimum atomic E-state index is -0.0342. The maximum absolute atomic E-state index is 11.4. The molecule has 15 heavy (non-hydrogen) atoms. The van der Waals surface area contributed by atoms with Crippen LogP contribution >= 0.6 is 0 Å². The molecule has 0 fully saturated rings. The molecule has 0 spiro atoms. The summed E-state index contributed by atoms with van der Waals surface area (Å²) in [5, 5.41) is 0. The maximum Gasteiger partial charge on any atom is 0.198 e. The smallest absolute Gasteiger partial charge is 0.198 e. The summed E-state index contributed by atoms with van der Waals surface area (Å²) >= 11 is 0. The minimum absolute atomic E-state index is 0.0342. The second kappa shape index (κ2) is 5.49. The van der Waals surface area contributed by atoms with Gasteiger partial charge < -0.3 is 4.42 Å². The Labute approximate surface area is 89.5 Å². The van der Waals surface area contributed by atoms with E-state index in [9.17, 15) is 9.59 Å². The first-order valence-corrected chi connectivity index (χ1v) is 5.35. The van der Waals surface area contributed by atoms with Crippen molar-refractivity contribution in [1.82, 2.24) is 0 Å². The highest BCUT2D eigenvalue weighted by Gasteiger charge is 2.14. The summed E-state index contributed by atoms with van der Waals surface area (Å²) in [5.41, 5.74) is 0. The van der Waals surface area contributed by atoms with Gasteiger partial charge in [-0.1, -0.05) is 13.8 Å². The van der Waals surface area contributed by atoms with Crippen LogP contribution in [0.25, 0.3) is 0 Å². The van der Waals surface area contributed by atoms with E-state index in [-0.39, 0.29) is 11.6 Å². The number of hydrogen-bond acceptors (Lipinski definition) is 3. The Morgan fingerprint density at radius 3 is 1.73 bits per heavy atom. The Bertz CT molecular complexity index is 317. The number of furan rings is 1. The second-order valence-electron chi connectivity index (χ2n) is 3.51. The van der Waals surface area contributed by atoms with Crippen LogP contribution in [0.4, 0.5) is 0 Å². The SMILES string of the molecule is CCCC(=O)c1ccc(C(=O)CCC)o1. The van der Waals surface area contributed by atoms with Gasteiger partial charge in [-0.15, -0.1) is 0 Å². The van der Waals surface area contributed by atoms with Gasteiger partial charge >= 0.3 is 0 Å². The lowest BCUT2D eigenvalue weighted by Gasteiger charge is -1.94. The average molecular weight is 208 g/mol. The fraction of sp³-hybridized carbons (Fsp3) is 0.500. The quantitative estimate of drug-likeness (QED) is 0.674. The van der Waals surface area contributed by atoms with Crippen LogP contribution in [0.3, 0.4) is 0 Å². The fourth-order valence-electron chi connectivity index (χ4n) is 1.34. The van der Waals surface area contributed by atoms with E-state index in [1.54, 1.807) is 12.1 Å².